The van der Waals surface area contributed by atoms with Gasteiger partial charge < -0.3 is 0 Å². The number of aryl methyl sites for hydroxylation is 1. The molecule has 1 aliphatic rings. The number of aromatic nitrogens is 2. The maximum Gasteiger partial charge on any atom is 0.147 e. The Labute approximate surface area is 131 Å². The summed E-state index contributed by atoms with van der Waals surface area (Å²) in [6.45, 7) is 6.95. The zero-order chi connectivity index (χ0) is 14.7. The fourth-order valence-corrected chi connectivity index (χ4v) is 3.89. The van der Waals surface area contributed by atoms with Crippen LogP contribution in [-0.2, 0) is 6.42 Å². The first kappa shape index (κ1) is 14.7. The fraction of sp³-hybridized carbons (Fsp3) is 0.529. The van der Waals surface area contributed by atoms with Crippen molar-refractivity contribution >= 4 is 11.3 Å². The molecule has 0 saturated carbocycles. The van der Waals surface area contributed by atoms with Crippen LogP contribution in [0.15, 0.2) is 24.3 Å². The van der Waals surface area contributed by atoms with Gasteiger partial charge in [-0.1, -0.05) is 36.5 Å². The number of hydrogen-bond acceptors (Lipinski definition) is 4. The summed E-state index contributed by atoms with van der Waals surface area (Å²) in [7, 11) is 0. The summed E-state index contributed by atoms with van der Waals surface area (Å²) in [4.78, 5) is 2.57. The van der Waals surface area contributed by atoms with Crippen LogP contribution in [0.1, 0.15) is 49.7 Å². The maximum absolute atomic E-state index is 4.36. The lowest BCUT2D eigenvalue weighted by Gasteiger charge is -2.24. The first-order chi connectivity index (χ1) is 10.3. The van der Waals surface area contributed by atoms with Crippen molar-refractivity contribution in [2.24, 2.45) is 0 Å². The molecule has 21 heavy (non-hydrogen) atoms. The highest BCUT2D eigenvalue weighted by Crippen LogP contribution is 2.29. The molecule has 0 bridgehead atoms. The molecule has 112 valence electrons. The highest BCUT2D eigenvalue weighted by molar-refractivity contribution is 7.14. The van der Waals surface area contributed by atoms with E-state index in [0.29, 0.717) is 6.04 Å². The van der Waals surface area contributed by atoms with E-state index in [-0.39, 0.29) is 0 Å². The summed E-state index contributed by atoms with van der Waals surface area (Å²) in [6, 6.07) is 9.32. The highest BCUT2D eigenvalue weighted by atomic mass is 32.1. The van der Waals surface area contributed by atoms with E-state index < -0.39 is 0 Å². The summed E-state index contributed by atoms with van der Waals surface area (Å²) in [5.74, 6) is 0. The number of nitrogens with zero attached hydrogens (tertiary/aromatic N) is 3. The van der Waals surface area contributed by atoms with Crippen LogP contribution in [0, 0.1) is 0 Å². The van der Waals surface area contributed by atoms with Gasteiger partial charge in [-0.3, -0.25) is 4.90 Å². The molecular formula is C17H23N3S. The Morgan fingerprint density at radius 1 is 1.24 bits per heavy atom. The molecule has 0 N–H and O–H groups in total. The first-order valence-corrected chi connectivity index (χ1v) is 8.76. The maximum atomic E-state index is 4.36. The van der Waals surface area contributed by atoms with Crippen LogP contribution in [0.4, 0.5) is 0 Å². The minimum Gasteiger partial charge on any atom is -0.297 e. The van der Waals surface area contributed by atoms with E-state index in [9.17, 15) is 0 Å². The van der Waals surface area contributed by atoms with Crippen LogP contribution in [0.2, 0.25) is 0 Å². The summed E-state index contributed by atoms with van der Waals surface area (Å²) < 4.78 is 0. The van der Waals surface area contributed by atoms with Crippen molar-refractivity contribution < 1.29 is 0 Å². The van der Waals surface area contributed by atoms with Gasteiger partial charge in [-0.2, -0.15) is 0 Å². The first-order valence-electron chi connectivity index (χ1n) is 7.94. The van der Waals surface area contributed by atoms with Crippen LogP contribution >= 0.6 is 11.3 Å². The van der Waals surface area contributed by atoms with Crippen LogP contribution in [0.5, 0.6) is 0 Å². The number of hydrogen-bond donors (Lipinski definition) is 0. The standard InChI is InChI=1S/C17H23N3S/c1-3-7-16-18-19-17(21-16)15-9-6-8-14(12-15)13(2)20-10-4-5-11-20/h6,8-9,12-13H,3-5,7,10-11H2,1-2H3/t13-/m1/s1. The molecule has 3 nitrogen and oxygen atoms in total. The van der Waals surface area contributed by atoms with Gasteiger partial charge in [-0.05, 0) is 50.9 Å². The Kier molecular flexibility index (Phi) is 4.66. The fourth-order valence-electron chi connectivity index (χ4n) is 2.96. The van der Waals surface area contributed by atoms with Crippen LogP contribution < -0.4 is 0 Å². The molecule has 3 rings (SSSR count). The van der Waals surface area contributed by atoms with Crippen molar-refractivity contribution in [2.45, 2.75) is 45.6 Å². The molecule has 1 aromatic carbocycles. The molecule has 2 heterocycles. The van der Waals surface area contributed by atoms with E-state index in [1.54, 1.807) is 11.3 Å². The van der Waals surface area contributed by atoms with Gasteiger partial charge in [0.05, 0.1) is 0 Å². The van der Waals surface area contributed by atoms with E-state index in [4.69, 9.17) is 0 Å². The van der Waals surface area contributed by atoms with Crippen molar-refractivity contribution in [1.29, 1.82) is 0 Å². The number of benzene rings is 1. The Hall–Kier alpha value is -1.26. The van der Waals surface area contributed by atoms with Crippen molar-refractivity contribution in [1.82, 2.24) is 15.1 Å². The van der Waals surface area contributed by atoms with E-state index in [1.807, 2.05) is 0 Å². The van der Waals surface area contributed by atoms with Crippen LogP contribution in [-0.4, -0.2) is 28.2 Å². The molecule has 0 amide bonds. The molecule has 1 aliphatic heterocycles. The molecule has 0 spiro atoms. The molecule has 1 atom stereocenters. The third kappa shape index (κ3) is 3.33. The van der Waals surface area contributed by atoms with Gasteiger partial charge >= 0.3 is 0 Å². The second-order valence-corrected chi connectivity index (χ2v) is 6.86. The average Bonchev–Trinajstić information content (AvgIpc) is 3.18. The van der Waals surface area contributed by atoms with Crippen molar-refractivity contribution in [3.05, 3.63) is 34.8 Å². The lowest BCUT2D eigenvalue weighted by molar-refractivity contribution is 0.263. The third-order valence-electron chi connectivity index (χ3n) is 4.24. The Bertz CT molecular complexity index is 587. The Balaban J connectivity index is 1.81. The van der Waals surface area contributed by atoms with Crippen LogP contribution in [0.3, 0.4) is 0 Å². The van der Waals surface area contributed by atoms with Gasteiger partial charge in [-0.25, -0.2) is 0 Å². The predicted molar refractivity (Wildman–Crippen MR) is 88.6 cm³/mol. The summed E-state index contributed by atoms with van der Waals surface area (Å²) in [5, 5.41) is 10.8. The third-order valence-corrected chi connectivity index (χ3v) is 5.27. The van der Waals surface area contributed by atoms with Gasteiger partial charge in [0, 0.05) is 18.0 Å². The van der Waals surface area contributed by atoms with Gasteiger partial charge in [0.1, 0.15) is 10.0 Å². The molecule has 4 heteroatoms. The largest absolute Gasteiger partial charge is 0.297 e. The van der Waals surface area contributed by atoms with Crippen molar-refractivity contribution in [3.8, 4) is 10.6 Å². The minimum absolute atomic E-state index is 0.496. The Morgan fingerprint density at radius 2 is 2.05 bits per heavy atom. The van der Waals surface area contributed by atoms with Gasteiger partial charge in [0.15, 0.2) is 0 Å². The predicted octanol–water partition coefficient (Wildman–Crippen LogP) is 4.31. The zero-order valence-corrected chi connectivity index (χ0v) is 13.7. The van der Waals surface area contributed by atoms with Crippen LogP contribution in [0.25, 0.3) is 10.6 Å². The molecule has 0 radical (unpaired) electrons. The lowest BCUT2D eigenvalue weighted by atomic mass is 10.0. The van der Waals surface area contributed by atoms with Gasteiger partial charge in [-0.15, -0.1) is 10.2 Å². The topological polar surface area (TPSA) is 29.0 Å². The Morgan fingerprint density at radius 3 is 2.81 bits per heavy atom. The molecular weight excluding hydrogens is 278 g/mol. The SMILES string of the molecule is CCCc1nnc(-c2cccc([C@@H](C)N3CCCC3)c2)s1. The summed E-state index contributed by atoms with van der Waals surface area (Å²) in [5.41, 5.74) is 2.60. The van der Waals surface area contributed by atoms with E-state index in [1.165, 1.54) is 37.1 Å². The molecule has 0 unspecified atom stereocenters. The molecule has 2 aromatic rings. The summed E-state index contributed by atoms with van der Waals surface area (Å²) >= 11 is 1.73. The number of rotatable bonds is 5. The average molecular weight is 301 g/mol. The zero-order valence-electron chi connectivity index (χ0n) is 12.9. The van der Waals surface area contributed by atoms with E-state index in [2.05, 4.69) is 53.2 Å². The van der Waals surface area contributed by atoms with Crippen molar-refractivity contribution in [3.63, 3.8) is 0 Å². The molecule has 1 saturated heterocycles. The summed E-state index contributed by atoms with van der Waals surface area (Å²) in [6.07, 6.45) is 4.82. The second-order valence-electron chi connectivity index (χ2n) is 5.80. The van der Waals surface area contributed by atoms with Gasteiger partial charge in [0.2, 0.25) is 0 Å². The molecule has 1 aromatic heterocycles. The lowest BCUT2D eigenvalue weighted by Crippen LogP contribution is -2.23. The molecule has 1 fully saturated rings. The van der Waals surface area contributed by atoms with E-state index in [0.717, 1.165) is 22.9 Å². The smallest absolute Gasteiger partial charge is 0.147 e. The normalized spacial score (nSPS) is 17.2. The monoisotopic (exact) mass is 301 g/mol. The number of likely N-dealkylation sites (tertiary alicyclic amines) is 1. The van der Waals surface area contributed by atoms with Gasteiger partial charge in [0.25, 0.3) is 0 Å². The quantitative estimate of drug-likeness (QED) is 0.824. The highest BCUT2D eigenvalue weighted by Gasteiger charge is 2.19. The minimum atomic E-state index is 0.496. The van der Waals surface area contributed by atoms with Crippen molar-refractivity contribution in [2.75, 3.05) is 13.1 Å². The molecule has 0 aliphatic carbocycles. The van der Waals surface area contributed by atoms with E-state index >= 15 is 0 Å². The second kappa shape index (κ2) is 6.67.